The number of amides is 2. The normalized spacial score (nSPS) is 20.8. The van der Waals surface area contributed by atoms with E-state index in [2.05, 4.69) is 0 Å². The Morgan fingerprint density at radius 3 is 2.03 bits per heavy atom. The summed E-state index contributed by atoms with van der Waals surface area (Å²) in [6.45, 7) is 0. The van der Waals surface area contributed by atoms with Gasteiger partial charge in [0.05, 0.1) is 17.4 Å². The van der Waals surface area contributed by atoms with Crippen LogP contribution in [0.2, 0.25) is 0 Å². The second kappa shape index (κ2) is 9.64. The Balaban J connectivity index is 1.44. The van der Waals surface area contributed by atoms with Gasteiger partial charge >= 0.3 is 10.1 Å². The molecule has 39 heavy (non-hydrogen) atoms. The van der Waals surface area contributed by atoms with Gasteiger partial charge in [0.2, 0.25) is 5.91 Å². The summed E-state index contributed by atoms with van der Waals surface area (Å²) in [5.74, 6) is -2.70. The van der Waals surface area contributed by atoms with Gasteiger partial charge in [0.1, 0.15) is 22.4 Å². The Morgan fingerprint density at radius 2 is 1.33 bits per heavy atom. The van der Waals surface area contributed by atoms with Gasteiger partial charge in [0.25, 0.3) is 5.91 Å². The lowest BCUT2D eigenvalue weighted by atomic mass is 9.90. The molecule has 0 saturated carbocycles. The van der Waals surface area contributed by atoms with E-state index in [4.69, 9.17) is 9.02 Å². The molecule has 0 bridgehead atoms. The van der Waals surface area contributed by atoms with Crippen molar-refractivity contribution in [2.24, 2.45) is 5.92 Å². The fraction of sp³-hybridized carbons (Fsp3) is 0.103. The molecule has 2 amide bonds. The highest BCUT2D eigenvalue weighted by atomic mass is 32.2. The maximum atomic E-state index is 13.8. The summed E-state index contributed by atoms with van der Waals surface area (Å²) in [4.78, 5) is 34.3. The van der Waals surface area contributed by atoms with E-state index in [0.717, 1.165) is 17.0 Å². The lowest BCUT2D eigenvalue weighted by Gasteiger charge is -2.29. The van der Waals surface area contributed by atoms with E-state index in [0.29, 0.717) is 11.3 Å². The smallest absolute Gasteiger partial charge is 0.339 e. The first-order valence-corrected chi connectivity index (χ1v) is 13.5. The molecule has 8 nitrogen and oxygen atoms in total. The van der Waals surface area contributed by atoms with Crippen LogP contribution in [0.1, 0.15) is 11.6 Å². The van der Waals surface area contributed by atoms with Crippen LogP contribution >= 0.6 is 0 Å². The van der Waals surface area contributed by atoms with E-state index in [1.807, 2.05) is 6.07 Å². The first-order chi connectivity index (χ1) is 18.8. The summed E-state index contributed by atoms with van der Waals surface area (Å²) in [6, 6.07) is 27.1. The van der Waals surface area contributed by atoms with Crippen molar-refractivity contribution in [3.63, 3.8) is 0 Å². The van der Waals surface area contributed by atoms with Crippen LogP contribution in [0, 0.1) is 11.7 Å². The number of imide groups is 1. The Bertz CT molecular complexity index is 1650. The Hall–Kier alpha value is -4.54. The third-order valence-corrected chi connectivity index (χ3v) is 7.93. The molecule has 4 aromatic rings. The molecule has 0 unspecified atom stereocenters. The molecule has 2 aliphatic heterocycles. The standard InChI is InChI=1S/C29H21FN2O6S/c30-19-15-17-20(18-16-19)31-28(33)25-26(32(37-27(25)29(31)34)21-9-3-1-4-10-21)23-13-7-8-14-24(23)38-39(35,36)22-11-5-2-6-12-22/h1-18,25-27H/t25-,26-,27-/m1/s1. The number of rotatable bonds is 6. The highest BCUT2D eigenvalue weighted by molar-refractivity contribution is 7.87. The first-order valence-electron chi connectivity index (χ1n) is 12.1. The number of carbonyl (C=O) groups excluding carboxylic acids is 2. The van der Waals surface area contributed by atoms with Gasteiger partial charge in [-0.3, -0.25) is 14.4 Å². The summed E-state index contributed by atoms with van der Waals surface area (Å²) in [6.07, 6.45) is -1.19. The van der Waals surface area contributed by atoms with Crippen molar-refractivity contribution < 1.29 is 31.4 Å². The maximum Gasteiger partial charge on any atom is 0.339 e. The van der Waals surface area contributed by atoms with Crippen LogP contribution in [0.15, 0.2) is 114 Å². The zero-order chi connectivity index (χ0) is 27.1. The van der Waals surface area contributed by atoms with E-state index >= 15 is 0 Å². The lowest BCUT2D eigenvalue weighted by molar-refractivity contribution is -0.126. The quantitative estimate of drug-likeness (QED) is 0.258. The van der Waals surface area contributed by atoms with Crippen molar-refractivity contribution in [2.75, 3.05) is 9.96 Å². The van der Waals surface area contributed by atoms with Crippen molar-refractivity contribution in [1.82, 2.24) is 0 Å². The van der Waals surface area contributed by atoms with Gasteiger partial charge in [0.15, 0.2) is 6.10 Å². The fourth-order valence-corrected chi connectivity index (χ4v) is 5.90. The predicted octanol–water partition coefficient (Wildman–Crippen LogP) is 4.64. The van der Waals surface area contributed by atoms with Crippen molar-refractivity contribution in [1.29, 1.82) is 0 Å². The molecular weight excluding hydrogens is 523 g/mol. The molecule has 6 rings (SSSR count). The Labute approximate surface area is 223 Å². The van der Waals surface area contributed by atoms with E-state index < -0.39 is 45.8 Å². The number of fused-ring (bicyclic) bond motifs is 1. The molecule has 196 valence electrons. The van der Waals surface area contributed by atoms with E-state index in [1.54, 1.807) is 60.7 Å². The summed E-state index contributed by atoms with van der Waals surface area (Å²) in [5, 5.41) is 1.45. The van der Waals surface area contributed by atoms with E-state index in [-0.39, 0.29) is 16.3 Å². The molecule has 2 saturated heterocycles. The molecule has 4 aromatic carbocycles. The van der Waals surface area contributed by atoms with Crippen molar-refractivity contribution >= 4 is 33.3 Å². The molecule has 0 aliphatic carbocycles. The minimum atomic E-state index is -4.21. The van der Waals surface area contributed by atoms with Crippen LogP contribution in [-0.2, 0) is 24.5 Å². The van der Waals surface area contributed by atoms with E-state index in [9.17, 15) is 22.4 Å². The zero-order valence-electron chi connectivity index (χ0n) is 20.3. The highest BCUT2D eigenvalue weighted by Crippen LogP contribution is 2.49. The molecule has 0 spiro atoms. The maximum absolute atomic E-state index is 13.8. The number of hydrogen-bond acceptors (Lipinski definition) is 7. The molecule has 2 heterocycles. The van der Waals surface area contributed by atoms with Crippen LogP contribution in [0.25, 0.3) is 0 Å². The van der Waals surface area contributed by atoms with Crippen LogP contribution in [0.3, 0.4) is 0 Å². The summed E-state index contributed by atoms with van der Waals surface area (Å²) in [7, 11) is -4.21. The number of nitrogens with zero attached hydrogens (tertiary/aromatic N) is 2. The van der Waals surface area contributed by atoms with Crippen molar-refractivity contribution in [3.05, 3.63) is 121 Å². The van der Waals surface area contributed by atoms with Crippen LogP contribution in [0.5, 0.6) is 5.75 Å². The number of para-hydroxylation sites is 2. The van der Waals surface area contributed by atoms with Crippen molar-refractivity contribution in [3.8, 4) is 5.75 Å². The van der Waals surface area contributed by atoms with E-state index in [1.165, 1.54) is 35.4 Å². The van der Waals surface area contributed by atoms with Crippen molar-refractivity contribution in [2.45, 2.75) is 17.0 Å². The third-order valence-electron chi connectivity index (χ3n) is 6.68. The monoisotopic (exact) mass is 544 g/mol. The SMILES string of the molecule is O=C1[C@@H]2[C@@H](c3ccccc3OS(=O)(=O)c3ccccc3)N(c3ccccc3)O[C@H]2C(=O)N1c1ccc(F)cc1. The van der Waals surface area contributed by atoms with Gasteiger partial charge in [-0.2, -0.15) is 8.42 Å². The average Bonchev–Trinajstić information content (AvgIpc) is 3.46. The molecule has 2 aliphatic rings. The summed E-state index contributed by atoms with van der Waals surface area (Å²) in [5.41, 5.74) is 1.12. The zero-order valence-corrected chi connectivity index (χ0v) is 21.1. The van der Waals surface area contributed by atoms with Gasteiger partial charge in [-0.1, -0.05) is 54.6 Å². The lowest BCUT2D eigenvalue weighted by Crippen LogP contribution is -2.37. The predicted molar refractivity (Wildman–Crippen MR) is 140 cm³/mol. The Kier molecular flexibility index (Phi) is 6.13. The second-order valence-corrected chi connectivity index (χ2v) is 10.6. The summed E-state index contributed by atoms with van der Waals surface area (Å²) < 4.78 is 45.3. The number of hydrogen-bond donors (Lipinski definition) is 0. The van der Waals surface area contributed by atoms with Gasteiger partial charge in [-0.25, -0.2) is 14.4 Å². The largest absolute Gasteiger partial charge is 0.379 e. The molecule has 0 N–H and O–H groups in total. The fourth-order valence-electron chi connectivity index (χ4n) is 4.93. The highest BCUT2D eigenvalue weighted by Gasteiger charge is 2.60. The van der Waals surface area contributed by atoms with Gasteiger partial charge < -0.3 is 4.18 Å². The topological polar surface area (TPSA) is 93.2 Å². The average molecular weight is 545 g/mol. The number of anilines is 2. The Morgan fingerprint density at radius 1 is 0.718 bits per heavy atom. The minimum Gasteiger partial charge on any atom is -0.379 e. The summed E-state index contributed by atoms with van der Waals surface area (Å²) >= 11 is 0. The minimum absolute atomic E-state index is 0.00276. The number of halogens is 1. The van der Waals surface area contributed by atoms with Gasteiger partial charge in [-0.05, 0) is 54.6 Å². The number of benzene rings is 4. The van der Waals surface area contributed by atoms with Gasteiger partial charge in [-0.15, -0.1) is 0 Å². The molecule has 10 heteroatoms. The number of carbonyl (C=O) groups is 2. The molecule has 3 atom stereocenters. The first kappa shape index (κ1) is 24.8. The van der Waals surface area contributed by atoms with Crippen LogP contribution in [-0.4, -0.2) is 26.3 Å². The van der Waals surface area contributed by atoms with Crippen LogP contribution < -0.4 is 14.1 Å². The molecular formula is C29H21FN2O6S. The third kappa shape index (κ3) is 4.33. The second-order valence-electron chi connectivity index (χ2n) is 9.03. The molecule has 0 radical (unpaired) electrons. The number of hydroxylamine groups is 1. The van der Waals surface area contributed by atoms with Crippen LogP contribution in [0.4, 0.5) is 15.8 Å². The molecule has 0 aromatic heterocycles. The van der Waals surface area contributed by atoms with Gasteiger partial charge in [0, 0.05) is 5.56 Å². The molecule has 2 fully saturated rings.